The molecule has 0 spiro atoms. The van der Waals surface area contributed by atoms with Crippen LogP contribution in [0, 0.1) is 5.92 Å². The van der Waals surface area contributed by atoms with E-state index in [9.17, 15) is 14.4 Å². The first kappa shape index (κ1) is 30.0. The van der Waals surface area contributed by atoms with Gasteiger partial charge in [0.15, 0.2) is 5.78 Å². The fraction of sp³-hybridized carbons (Fsp3) is 0.484. The fourth-order valence-electron chi connectivity index (χ4n) is 6.34. The summed E-state index contributed by atoms with van der Waals surface area (Å²) in [6.07, 6.45) is 5.20. The number of H-pyrrole nitrogens is 1. The maximum atomic E-state index is 14.1. The number of ketones is 1. The Morgan fingerprint density at radius 1 is 1.07 bits per heavy atom. The summed E-state index contributed by atoms with van der Waals surface area (Å²) in [4.78, 5) is 46.4. The van der Waals surface area contributed by atoms with E-state index >= 15 is 0 Å². The summed E-state index contributed by atoms with van der Waals surface area (Å²) in [6.45, 7) is 3.65. The number of aryl methyl sites for hydroxylation is 3. The topological polar surface area (TPSA) is 86.4 Å². The van der Waals surface area contributed by atoms with Crippen molar-refractivity contribution in [2.75, 3.05) is 13.1 Å². The molecule has 2 aromatic carbocycles. The summed E-state index contributed by atoms with van der Waals surface area (Å²) in [5.74, 6) is 1.05. The molecule has 5 rings (SSSR count). The standard InChI is InChI=1S/C31H36Cl2N4O3S/c1-20-17-27-30(39)36(16-15-23(37(27)19-20)10-7-21-5-3-2-4-6-21)26(12-14-29-34-31(40)41-35-29)28(38)13-9-22-8-11-24(32)25(33)18-22/h2-6,8,11,18,20,23,26-27H,7,9-10,12-17,19H2,1H3,(H,34,35,40)/t20-,23?,26-,27+/m1/s1. The Hall–Kier alpha value is -2.52. The van der Waals surface area contributed by atoms with E-state index < -0.39 is 6.04 Å². The molecule has 1 amide bonds. The van der Waals surface area contributed by atoms with Crippen LogP contribution in [0.5, 0.6) is 0 Å². The van der Waals surface area contributed by atoms with E-state index in [1.54, 1.807) is 12.1 Å². The molecule has 2 saturated heterocycles. The van der Waals surface area contributed by atoms with Crippen molar-refractivity contribution >= 4 is 46.4 Å². The van der Waals surface area contributed by atoms with Crippen LogP contribution < -0.4 is 4.87 Å². The van der Waals surface area contributed by atoms with Gasteiger partial charge in [-0.2, -0.15) is 4.37 Å². The predicted octanol–water partition coefficient (Wildman–Crippen LogP) is 5.59. The molecule has 7 nitrogen and oxygen atoms in total. The fourth-order valence-corrected chi connectivity index (χ4v) is 7.15. The number of halogens is 2. The van der Waals surface area contributed by atoms with Gasteiger partial charge in [0, 0.05) is 43.5 Å². The second kappa shape index (κ2) is 13.6. The zero-order chi connectivity index (χ0) is 28.9. The Morgan fingerprint density at radius 3 is 2.61 bits per heavy atom. The van der Waals surface area contributed by atoms with E-state index in [4.69, 9.17) is 23.2 Å². The molecule has 3 heterocycles. The molecular formula is C31H36Cl2N4O3S. The number of Topliss-reactive ketones (excluding diaryl/α,β-unsaturated/α-hetero) is 1. The third-order valence-corrected chi connectivity index (χ3v) is 9.75. The van der Waals surface area contributed by atoms with Gasteiger partial charge in [-0.3, -0.25) is 24.3 Å². The van der Waals surface area contributed by atoms with Gasteiger partial charge in [0.25, 0.3) is 0 Å². The molecule has 2 aliphatic rings. The van der Waals surface area contributed by atoms with Gasteiger partial charge < -0.3 is 4.90 Å². The first-order valence-electron chi connectivity index (χ1n) is 14.4. The van der Waals surface area contributed by atoms with Crippen LogP contribution in [-0.4, -0.2) is 62.1 Å². The Balaban J connectivity index is 1.35. The van der Waals surface area contributed by atoms with E-state index in [0.717, 1.165) is 49.3 Å². The quantitative estimate of drug-likeness (QED) is 0.304. The molecule has 2 fully saturated rings. The smallest absolute Gasteiger partial charge is 0.323 e. The molecule has 10 heteroatoms. The van der Waals surface area contributed by atoms with Crippen LogP contribution in [0.15, 0.2) is 53.3 Å². The maximum Gasteiger partial charge on any atom is 0.323 e. The maximum absolute atomic E-state index is 14.1. The molecule has 2 aliphatic heterocycles. The molecule has 0 aliphatic carbocycles. The second-order valence-electron chi connectivity index (χ2n) is 11.4. The lowest BCUT2D eigenvalue weighted by atomic mass is 9.97. The summed E-state index contributed by atoms with van der Waals surface area (Å²) in [5, 5.41) is 0.935. The summed E-state index contributed by atoms with van der Waals surface area (Å²) in [6, 6.07) is 15.4. The highest BCUT2D eigenvalue weighted by molar-refractivity contribution is 7.02. The minimum Gasteiger partial charge on any atom is -0.331 e. The zero-order valence-corrected chi connectivity index (χ0v) is 25.6. The van der Waals surface area contributed by atoms with Gasteiger partial charge in [0.05, 0.1) is 22.1 Å². The normalized spacial score (nSPS) is 22.0. The number of benzene rings is 2. The van der Waals surface area contributed by atoms with Crippen LogP contribution in [0.2, 0.25) is 10.0 Å². The lowest BCUT2D eigenvalue weighted by Gasteiger charge is -2.32. The van der Waals surface area contributed by atoms with Crippen LogP contribution in [0.4, 0.5) is 0 Å². The monoisotopic (exact) mass is 614 g/mol. The van der Waals surface area contributed by atoms with Crippen molar-refractivity contribution in [2.45, 2.75) is 76.4 Å². The highest BCUT2D eigenvalue weighted by Gasteiger charge is 2.45. The Labute approximate surface area is 255 Å². The molecule has 218 valence electrons. The van der Waals surface area contributed by atoms with Crippen molar-refractivity contribution in [1.29, 1.82) is 0 Å². The third kappa shape index (κ3) is 7.47. The number of amides is 1. The number of hydrogen-bond donors (Lipinski definition) is 1. The van der Waals surface area contributed by atoms with Gasteiger partial charge in [-0.15, -0.1) is 0 Å². The van der Waals surface area contributed by atoms with Gasteiger partial charge in [-0.05, 0) is 67.7 Å². The average Bonchev–Trinajstić information content (AvgIpc) is 3.54. The molecule has 0 saturated carbocycles. The van der Waals surface area contributed by atoms with Crippen LogP contribution >= 0.6 is 34.7 Å². The first-order chi connectivity index (χ1) is 19.8. The molecule has 1 aromatic heterocycles. The van der Waals surface area contributed by atoms with Crippen molar-refractivity contribution in [2.24, 2.45) is 5.92 Å². The molecule has 41 heavy (non-hydrogen) atoms. The van der Waals surface area contributed by atoms with Crippen LogP contribution in [-0.2, 0) is 28.9 Å². The number of fused-ring (bicyclic) bond motifs is 1. The Morgan fingerprint density at radius 2 is 1.88 bits per heavy atom. The molecular weight excluding hydrogens is 579 g/mol. The van der Waals surface area contributed by atoms with Gasteiger partial charge in [0.1, 0.15) is 5.82 Å². The highest BCUT2D eigenvalue weighted by atomic mass is 35.5. The molecule has 3 aromatic rings. The van der Waals surface area contributed by atoms with Crippen molar-refractivity contribution in [3.8, 4) is 0 Å². The molecule has 4 atom stereocenters. The number of nitrogens with one attached hydrogen (secondary N) is 1. The zero-order valence-electron chi connectivity index (χ0n) is 23.2. The SMILES string of the molecule is C[C@@H]1C[C@H]2C(=O)N([C@H](CCc3nsc(=O)[nH]3)C(=O)CCc3ccc(Cl)c(Cl)c3)CCC(CCc3ccccc3)N2C1. The summed E-state index contributed by atoms with van der Waals surface area (Å²) in [7, 11) is 0. The van der Waals surface area contributed by atoms with Crippen molar-refractivity contribution in [1.82, 2.24) is 19.2 Å². The molecule has 1 unspecified atom stereocenters. The van der Waals surface area contributed by atoms with E-state index in [-0.39, 0.29) is 35.1 Å². The summed E-state index contributed by atoms with van der Waals surface area (Å²) >= 11 is 13.2. The van der Waals surface area contributed by atoms with Crippen LogP contribution in [0.3, 0.4) is 0 Å². The summed E-state index contributed by atoms with van der Waals surface area (Å²) < 4.78 is 4.19. The van der Waals surface area contributed by atoms with Crippen LogP contribution in [0.25, 0.3) is 0 Å². The van der Waals surface area contributed by atoms with Crippen molar-refractivity contribution < 1.29 is 9.59 Å². The van der Waals surface area contributed by atoms with E-state index in [0.29, 0.717) is 47.6 Å². The number of aromatic amines is 1. The van der Waals surface area contributed by atoms with Crippen LogP contribution in [0.1, 0.15) is 56.0 Å². The number of nitrogens with zero attached hydrogens (tertiary/aromatic N) is 3. The third-order valence-electron chi connectivity index (χ3n) is 8.43. The minimum atomic E-state index is -0.582. The predicted molar refractivity (Wildman–Crippen MR) is 164 cm³/mol. The van der Waals surface area contributed by atoms with E-state index in [1.165, 1.54) is 5.56 Å². The molecule has 1 N–H and O–H groups in total. The number of carbonyl (C=O) groups is 2. The highest BCUT2D eigenvalue weighted by Crippen LogP contribution is 2.33. The Kier molecular flexibility index (Phi) is 9.96. The summed E-state index contributed by atoms with van der Waals surface area (Å²) in [5.41, 5.74) is 2.23. The van der Waals surface area contributed by atoms with Gasteiger partial charge in [-0.25, -0.2) is 0 Å². The van der Waals surface area contributed by atoms with Crippen molar-refractivity contribution in [3.63, 3.8) is 0 Å². The van der Waals surface area contributed by atoms with Crippen molar-refractivity contribution in [3.05, 3.63) is 85.2 Å². The lowest BCUT2D eigenvalue weighted by Crippen LogP contribution is -2.50. The lowest BCUT2D eigenvalue weighted by molar-refractivity contribution is -0.142. The molecule has 0 bridgehead atoms. The first-order valence-corrected chi connectivity index (χ1v) is 15.9. The van der Waals surface area contributed by atoms with Gasteiger partial charge in [-0.1, -0.05) is 66.5 Å². The minimum absolute atomic E-state index is 0.0160. The average molecular weight is 616 g/mol. The molecule has 0 radical (unpaired) electrons. The Bertz CT molecular complexity index is 1410. The van der Waals surface area contributed by atoms with Gasteiger partial charge >= 0.3 is 4.87 Å². The second-order valence-corrected chi connectivity index (χ2v) is 12.9. The van der Waals surface area contributed by atoms with Gasteiger partial charge in [0.2, 0.25) is 5.91 Å². The number of aromatic nitrogens is 2. The number of carbonyl (C=O) groups excluding carboxylic acids is 2. The van der Waals surface area contributed by atoms with E-state index in [2.05, 4.69) is 45.4 Å². The largest absolute Gasteiger partial charge is 0.331 e. The number of hydrogen-bond acceptors (Lipinski definition) is 6. The number of rotatable bonds is 11. The van der Waals surface area contributed by atoms with E-state index in [1.807, 2.05) is 17.0 Å².